The Labute approximate surface area is 123 Å². The van der Waals surface area contributed by atoms with Crippen LogP contribution >= 0.6 is 27.3 Å². The molecule has 3 heteroatoms. The fourth-order valence-electron chi connectivity index (χ4n) is 3.25. The molecule has 0 unspecified atom stereocenters. The highest BCUT2D eigenvalue weighted by atomic mass is 79.9. The van der Waals surface area contributed by atoms with Crippen LogP contribution in [0.15, 0.2) is 17.5 Å². The third kappa shape index (κ3) is 3.00. The predicted molar refractivity (Wildman–Crippen MR) is 82.4 cm³/mol. The Morgan fingerprint density at radius 3 is 2.67 bits per heavy atom. The second kappa shape index (κ2) is 5.64. The van der Waals surface area contributed by atoms with Gasteiger partial charge in [0, 0.05) is 29.3 Å². The Balaban J connectivity index is 1.66. The van der Waals surface area contributed by atoms with Gasteiger partial charge < -0.3 is 0 Å². The summed E-state index contributed by atoms with van der Waals surface area (Å²) < 4.78 is 0. The first-order valence-corrected chi connectivity index (χ1v) is 9.14. The van der Waals surface area contributed by atoms with Crippen molar-refractivity contribution in [3.8, 4) is 0 Å². The lowest BCUT2D eigenvalue weighted by molar-refractivity contribution is 0.158. The van der Waals surface area contributed by atoms with Crippen molar-refractivity contribution in [3.63, 3.8) is 0 Å². The molecular weight excluding hydrogens is 306 g/mol. The van der Waals surface area contributed by atoms with Crippen molar-refractivity contribution in [2.75, 3.05) is 11.9 Å². The lowest BCUT2D eigenvalue weighted by atomic mass is 9.88. The highest BCUT2D eigenvalue weighted by Crippen LogP contribution is 2.42. The van der Waals surface area contributed by atoms with E-state index in [0.29, 0.717) is 5.41 Å². The molecule has 0 saturated heterocycles. The van der Waals surface area contributed by atoms with Crippen LogP contribution in [0.1, 0.15) is 43.4 Å². The molecule has 0 spiro atoms. The second-order valence-corrected chi connectivity index (χ2v) is 7.65. The molecule has 1 nitrogen and oxygen atoms in total. The van der Waals surface area contributed by atoms with E-state index in [2.05, 4.69) is 38.3 Å². The first kappa shape index (κ1) is 13.1. The van der Waals surface area contributed by atoms with Crippen molar-refractivity contribution < 1.29 is 0 Å². The minimum absolute atomic E-state index is 0.569. The number of thiophene rings is 1. The molecule has 1 aromatic rings. The molecule has 1 heterocycles. The average Bonchev–Trinajstić information content (AvgIpc) is 2.92. The Morgan fingerprint density at radius 2 is 2.11 bits per heavy atom. The molecule has 3 rings (SSSR count). The number of alkyl halides is 1. The lowest BCUT2D eigenvalue weighted by Crippen LogP contribution is -2.38. The number of rotatable bonds is 6. The van der Waals surface area contributed by atoms with E-state index in [0.717, 1.165) is 6.04 Å². The van der Waals surface area contributed by atoms with E-state index in [4.69, 9.17) is 0 Å². The summed E-state index contributed by atoms with van der Waals surface area (Å²) in [5.41, 5.74) is 0.569. The van der Waals surface area contributed by atoms with E-state index in [-0.39, 0.29) is 0 Å². The number of hydrogen-bond donors (Lipinski definition) is 0. The predicted octanol–water partition coefficient (Wildman–Crippen LogP) is 4.67. The highest BCUT2D eigenvalue weighted by molar-refractivity contribution is 9.09. The second-order valence-electron chi connectivity index (χ2n) is 6.06. The van der Waals surface area contributed by atoms with Gasteiger partial charge >= 0.3 is 0 Å². The van der Waals surface area contributed by atoms with Crippen LogP contribution < -0.4 is 0 Å². The molecule has 0 amide bonds. The van der Waals surface area contributed by atoms with Gasteiger partial charge in [0.15, 0.2) is 0 Å². The van der Waals surface area contributed by atoms with Crippen LogP contribution in [0.5, 0.6) is 0 Å². The molecule has 2 saturated carbocycles. The summed E-state index contributed by atoms with van der Waals surface area (Å²) in [5, 5.41) is 3.39. The van der Waals surface area contributed by atoms with Crippen LogP contribution in [-0.2, 0) is 6.54 Å². The highest BCUT2D eigenvalue weighted by Gasteiger charge is 2.38. The minimum atomic E-state index is 0.569. The van der Waals surface area contributed by atoms with Crippen molar-refractivity contribution in [2.45, 2.75) is 51.1 Å². The number of hydrogen-bond acceptors (Lipinski definition) is 2. The molecule has 0 aliphatic heterocycles. The zero-order valence-electron chi connectivity index (χ0n) is 10.9. The van der Waals surface area contributed by atoms with Crippen LogP contribution in [0.3, 0.4) is 0 Å². The fraction of sp³-hybridized carbons (Fsp3) is 0.733. The maximum atomic E-state index is 3.79. The number of halogens is 1. The quantitative estimate of drug-likeness (QED) is 0.686. The first-order valence-electron chi connectivity index (χ1n) is 7.14. The average molecular weight is 328 g/mol. The van der Waals surface area contributed by atoms with Gasteiger partial charge in [-0.1, -0.05) is 34.8 Å². The van der Waals surface area contributed by atoms with E-state index >= 15 is 0 Å². The summed E-state index contributed by atoms with van der Waals surface area (Å²) >= 11 is 5.69. The SMILES string of the molecule is BrCC1(CN(Cc2cccs2)C2CC2)CCCC1. The van der Waals surface area contributed by atoms with E-state index in [1.165, 1.54) is 61.8 Å². The van der Waals surface area contributed by atoms with Gasteiger partial charge in [0.25, 0.3) is 0 Å². The molecule has 0 radical (unpaired) electrons. The van der Waals surface area contributed by atoms with Gasteiger partial charge in [0.05, 0.1) is 0 Å². The Hall–Kier alpha value is 0.140. The maximum absolute atomic E-state index is 3.79. The van der Waals surface area contributed by atoms with Crippen LogP contribution in [0, 0.1) is 5.41 Å². The standard InChI is InChI=1S/C15H22BrNS/c16-11-15(7-1-2-8-15)12-17(13-5-6-13)10-14-4-3-9-18-14/h3-4,9,13H,1-2,5-8,10-12H2. The van der Waals surface area contributed by atoms with Crippen molar-refractivity contribution in [2.24, 2.45) is 5.41 Å². The van der Waals surface area contributed by atoms with Crippen LogP contribution in [-0.4, -0.2) is 22.8 Å². The zero-order valence-corrected chi connectivity index (χ0v) is 13.3. The summed E-state index contributed by atoms with van der Waals surface area (Å²) in [6.45, 7) is 2.48. The van der Waals surface area contributed by atoms with Gasteiger partial charge in [-0.05, 0) is 42.5 Å². The van der Waals surface area contributed by atoms with Gasteiger partial charge in [0.2, 0.25) is 0 Å². The molecule has 2 fully saturated rings. The molecule has 2 aliphatic rings. The summed E-state index contributed by atoms with van der Waals surface area (Å²) in [7, 11) is 0. The van der Waals surface area contributed by atoms with Gasteiger partial charge in [-0.3, -0.25) is 4.90 Å². The third-order valence-corrected chi connectivity index (χ3v) is 6.54. The molecule has 18 heavy (non-hydrogen) atoms. The molecule has 100 valence electrons. The molecule has 2 aliphatic carbocycles. The first-order chi connectivity index (χ1) is 8.81. The monoisotopic (exact) mass is 327 g/mol. The molecular formula is C15H22BrNS. The normalized spacial score (nSPS) is 22.8. The summed E-state index contributed by atoms with van der Waals surface area (Å²) in [6.07, 6.45) is 8.55. The van der Waals surface area contributed by atoms with E-state index in [1.807, 2.05) is 11.3 Å². The van der Waals surface area contributed by atoms with Crippen molar-refractivity contribution >= 4 is 27.3 Å². The largest absolute Gasteiger partial charge is 0.295 e. The van der Waals surface area contributed by atoms with Crippen LogP contribution in [0.4, 0.5) is 0 Å². The van der Waals surface area contributed by atoms with Gasteiger partial charge in [0.1, 0.15) is 0 Å². The Bertz CT molecular complexity index is 366. The molecule has 0 bridgehead atoms. The fourth-order valence-corrected chi connectivity index (χ4v) is 4.71. The number of nitrogens with zero attached hydrogens (tertiary/aromatic N) is 1. The van der Waals surface area contributed by atoms with Crippen LogP contribution in [0.25, 0.3) is 0 Å². The van der Waals surface area contributed by atoms with Crippen LogP contribution in [0.2, 0.25) is 0 Å². The molecule has 0 atom stereocenters. The summed E-state index contributed by atoms with van der Waals surface area (Å²) in [6, 6.07) is 5.35. The van der Waals surface area contributed by atoms with Crippen molar-refractivity contribution in [1.29, 1.82) is 0 Å². The smallest absolute Gasteiger partial charge is 0.0331 e. The lowest BCUT2D eigenvalue weighted by Gasteiger charge is -2.34. The Kier molecular flexibility index (Phi) is 4.12. The minimum Gasteiger partial charge on any atom is -0.295 e. The van der Waals surface area contributed by atoms with E-state index in [9.17, 15) is 0 Å². The van der Waals surface area contributed by atoms with Gasteiger partial charge in [-0.15, -0.1) is 11.3 Å². The molecule has 1 aromatic heterocycles. The van der Waals surface area contributed by atoms with E-state index in [1.54, 1.807) is 0 Å². The topological polar surface area (TPSA) is 3.24 Å². The summed E-state index contributed by atoms with van der Waals surface area (Å²) in [4.78, 5) is 4.29. The zero-order chi connectivity index (χ0) is 12.4. The van der Waals surface area contributed by atoms with Crippen molar-refractivity contribution in [1.82, 2.24) is 4.90 Å². The van der Waals surface area contributed by atoms with Crippen molar-refractivity contribution in [3.05, 3.63) is 22.4 Å². The van der Waals surface area contributed by atoms with Gasteiger partial charge in [-0.25, -0.2) is 0 Å². The molecule has 0 aromatic carbocycles. The summed E-state index contributed by atoms with van der Waals surface area (Å²) in [5.74, 6) is 0. The van der Waals surface area contributed by atoms with E-state index < -0.39 is 0 Å². The molecule has 0 N–H and O–H groups in total. The maximum Gasteiger partial charge on any atom is 0.0331 e. The van der Waals surface area contributed by atoms with Gasteiger partial charge in [-0.2, -0.15) is 0 Å². The third-order valence-electron chi connectivity index (χ3n) is 4.49. The Morgan fingerprint density at radius 1 is 1.33 bits per heavy atom.